The van der Waals surface area contributed by atoms with E-state index in [1.165, 1.54) is 17.2 Å². The van der Waals surface area contributed by atoms with Gasteiger partial charge in [-0.1, -0.05) is 53.7 Å². The average molecular weight is 796 g/mol. The Kier molecular flexibility index (Phi) is 11.4. The zero-order valence-electron chi connectivity index (χ0n) is 23.6. The van der Waals surface area contributed by atoms with Crippen LogP contribution in [0.25, 0.3) is 22.6 Å². The molecule has 3 heterocycles. The third-order valence-electron chi connectivity index (χ3n) is 5.31. The smallest absolute Gasteiger partial charge is 0.0751 e. The molecule has 0 saturated heterocycles. The molecule has 0 amide bonds. The van der Waals surface area contributed by atoms with Gasteiger partial charge in [-0.2, -0.15) is 0 Å². The fourth-order valence-electron chi connectivity index (χ4n) is 3.20. The molecule has 13 heteroatoms. The van der Waals surface area contributed by atoms with Gasteiger partial charge in [0.2, 0.25) is 0 Å². The van der Waals surface area contributed by atoms with Gasteiger partial charge in [-0.25, -0.2) is 4.39 Å². The van der Waals surface area contributed by atoms with Crippen molar-refractivity contribution in [2.75, 3.05) is 0 Å². The fourth-order valence-corrected chi connectivity index (χ4v) is 3.20. The van der Waals surface area contributed by atoms with Crippen LogP contribution in [0.3, 0.4) is 0 Å². The first-order valence-corrected chi connectivity index (χ1v) is 14.2. The molecule has 42 heavy (non-hydrogen) atoms. The number of pyridine rings is 3. The molecule has 0 atom stereocenters. The molecule has 0 aliphatic rings. The first-order valence-electron chi connectivity index (χ1n) is 12.2. The molecule has 0 aliphatic heterocycles. The third kappa shape index (κ3) is 14.4. The summed E-state index contributed by atoms with van der Waals surface area (Å²) in [6, 6.07) is 18.5. The van der Waals surface area contributed by atoms with Crippen molar-refractivity contribution in [3.63, 3.8) is 0 Å². The maximum Gasteiger partial charge on any atom is 0.0751 e. The molecule has 4 aromatic rings. The fraction of sp³-hybridized carbons (Fsp3) is 0.276. The van der Waals surface area contributed by atoms with E-state index in [4.69, 9.17) is 0 Å². The van der Waals surface area contributed by atoms with Crippen LogP contribution >= 0.6 is 7.81 Å². The van der Waals surface area contributed by atoms with Gasteiger partial charge in [0, 0.05) is 38.7 Å². The largest absolute Gasteiger partial charge is 0.305 e. The van der Waals surface area contributed by atoms with Crippen molar-refractivity contribution in [1.29, 1.82) is 0 Å². The summed E-state index contributed by atoms with van der Waals surface area (Å²) < 4.78 is 84.6. The molecule has 0 N–H and O–H groups in total. The zero-order chi connectivity index (χ0) is 31.3. The van der Waals surface area contributed by atoms with Gasteiger partial charge in [-0.15, -0.1) is 23.8 Å². The van der Waals surface area contributed by atoms with Crippen molar-refractivity contribution in [3.8, 4) is 22.6 Å². The standard InChI is InChI=1S/C18H24N2.C11H6F2N.F6P.Ir/c1-17(2,3)13-7-9-19-15(11-13)16-12-14(8-10-20-16)18(4,5)6;12-9-5-4-8(7-10(9)13)11-3-1-2-6-14-11;1-7(2,3,4,5)6;/h7-12H,1-6H3;1-6H;;/q;2*-1;. The van der Waals surface area contributed by atoms with Gasteiger partial charge in [0.05, 0.1) is 23.0 Å². The topological polar surface area (TPSA) is 38.7 Å². The van der Waals surface area contributed by atoms with E-state index in [1.54, 1.807) is 24.4 Å². The second-order valence-electron chi connectivity index (χ2n) is 11.1. The predicted octanol–water partition coefficient (Wildman–Crippen LogP) is 10.9. The minimum absolute atomic E-state index is 0. The van der Waals surface area contributed by atoms with E-state index in [2.05, 4.69) is 86.8 Å². The van der Waals surface area contributed by atoms with E-state index < -0.39 is 19.4 Å². The first-order chi connectivity index (χ1) is 18.4. The van der Waals surface area contributed by atoms with Crippen LogP contribution in [-0.4, -0.2) is 15.0 Å². The summed E-state index contributed by atoms with van der Waals surface area (Å²) in [6.07, 6.45) is 5.34. The second kappa shape index (κ2) is 12.8. The van der Waals surface area contributed by atoms with Gasteiger partial charge < -0.3 is 4.98 Å². The number of halogens is 8. The molecule has 233 valence electrons. The quantitative estimate of drug-likeness (QED) is 0.115. The Labute approximate surface area is 253 Å². The summed E-state index contributed by atoms with van der Waals surface area (Å²) in [5.41, 5.74) is 5.73. The Morgan fingerprint density at radius 2 is 1.02 bits per heavy atom. The van der Waals surface area contributed by atoms with Gasteiger partial charge in [0.25, 0.3) is 0 Å². The average Bonchev–Trinajstić information content (AvgIpc) is 2.84. The molecular formula is C29H30F8IrN3P-2. The molecule has 0 aliphatic carbocycles. The monoisotopic (exact) mass is 796 g/mol. The van der Waals surface area contributed by atoms with Crippen LogP contribution in [0.4, 0.5) is 34.0 Å². The van der Waals surface area contributed by atoms with Crippen LogP contribution in [0.5, 0.6) is 0 Å². The van der Waals surface area contributed by atoms with Gasteiger partial charge in [-0.05, 0) is 58.0 Å². The number of benzene rings is 1. The van der Waals surface area contributed by atoms with Gasteiger partial charge in [-0.3, -0.25) is 14.4 Å². The summed E-state index contributed by atoms with van der Waals surface area (Å²) in [5.74, 6) is -1.88. The maximum atomic E-state index is 12.8. The number of aromatic nitrogens is 3. The van der Waals surface area contributed by atoms with Crippen molar-refractivity contribution in [2.24, 2.45) is 0 Å². The normalized spacial score (nSPS) is 13.2. The number of hydrogen-bond acceptors (Lipinski definition) is 3. The molecule has 3 aromatic heterocycles. The summed E-state index contributed by atoms with van der Waals surface area (Å²) >= 11 is 0. The maximum absolute atomic E-state index is 12.8. The molecule has 0 saturated carbocycles. The summed E-state index contributed by atoms with van der Waals surface area (Å²) in [7, 11) is -10.7. The molecule has 4 rings (SSSR count). The van der Waals surface area contributed by atoms with E-state index in [9.17, 15) is 34.0 Å². The van der Waals surface area contributed by atoms with E-state index in [0.29, 0.717) is 11.3 Å². The van der Waals surface area contributed by atoms with Crippen molar-refractivity contribution in [2.45, 2.75) is 52.4 Å². The Hall–Kier alpha value is -2.81. The molecule has 0 bridgehead atoms. The number of nitrogens with zero attached hydrogens (tertiary/aromatic N) is 3. The Bertz CT molecular complexity index is 1400. The van der Waals surface area contributed by atoms with Crippen LogP contribution in [0, 0.1) is 17.7 Å². The van der Waals surface area contributed by atoms with Crippen molar-refractivity contribution in [3.05, 3.63) is 102 Å². The number of rotatable bonds is 2. The van der Waals surface area contributed by atoms with Gasteiger partial charge >= 0.3 is 33.0 Å². The molecule has 3 nitrogen and oxygen atoms in total. The zero-order valence-corrected chi connectivity index (χ0v) is 26.9. The molecule has 0 unspecified atom stereocenters. The van der Waals surface area contributed by atoms with Crippen LogP contribution in [-0.2, 0) is 30.9 Å². The SMILES string of the molecule is CC(C)(C)c1ccnc(-c2cc(C(C)(C)C)ccn2)c1.F[P-](F)(F)(F)(F)F.Fc1[c-]c(-c2ccccn2)ccc1F.[Ir]. The summed E-state index contributed by atoms with van der Waals surface area (Å²) in [4.78, 5) is 13.0. The molecular weight excluding hydrogens is 766 g/mol. The van der Waals surface area contributed by atoms with E-state index in [-0.39, 0.29) is 30.9 Å². The third-order valence-corrected chi connectivity index (χ3v) is 5.31. The molecule has 1 aromatic carbocycles. The molecule has 0 fully saturated rings. The summed E-state index contributed by atoms with van der Waals surface area (Å²) in [6.45, 7) is 13.3. The van der Waals surface area contributed by atoms with E-state index in [0.717, 1.165) is 17.5 Å². The summed E-state index contributed by atoms with van der Waals surface area (Å²) in [5, 5.41) is 0. The van der Waals surface area contributed by atoms with Crippen molar-refractivity contribution in [1.82, 2.24) is 15.0 Å². The van der Waals surface area contributed by atoms with Crippen molar-refractivity contribution >= 4 is 7.81 Å². The minimum Gasteiger partial charge on any atom is -0.305 e. The minimum atomic E-state index is -10.7. The predicted molar refractivity (Wildman–Crippen MR) is 147 cm³/mol. The van der Waals surface area contributed by atoms with Crippen LogP contribution in [0.15, 0.2) is 73.2 Å². The van der Waals surface area contributed by atoms with Crippen LogP contribution in [0.1, 0.15) is 52.7 Å². The Balaban J connectivity index is 0.000000349. The van der Waals surface area contributed by atoms with Crippen molar-refractivity contribution < 1.29 is 54.1 Å². The van der Waals surface area contributed by atoms with Crippen LogP contribution in [0.2, 0.25) is 0 Å². The van der Waals surface area contributed by atoms with Crippen LogP contribution < -0.4 is 0 Å². The Morgan fingerprint density at radius 3 is 1.38 bits per heavy atom. The number of hydrogen-bond donors (Lipinski definition) is 0. The molecule has 0 spiro atoms. The van der Waals surface area contributed by atoms with E-state index >= 15 is 0 Å². The van der Waals surface area contributed by atoms with Gasteiger partial charge in [0.15, 0.2) is 0 Å². The second-order valence-corrected chi connectivity index (χ2v) is 13.0. The first kappa shape index (κ1) is 37.2. The Morgan fingerprint density at radius 1 is 0.595 bits per heavy atom. The van der Waals surface area contributed by atoms with Gasteiger partial charge in [0.1, 0.15) is 0 Å². The molecule has 1 radical (unpaired) electrons. The van der Waals surface area contributed by atoms with E-state index in [1.807, 2.05) is 12.4 Å².